The summed E-state index contributed by atoms with van der Waals surface area (Å²) < 4.78 is 0.921. The van der Waals surface area contributed by atoms with Crippen LogP contribution in [0.5, 0.6) is 0 Å². The van der Waals surface area contributed by atoms with Crippen LogP contribution in [0.2, 0.25) is 5.02 Å². The van der Waals surface area contributed by atoms with Crippen molar-refractivity contribution in [2.75, 3.05) is 19.6 Å². The predicted octanol–water partition coefficient (Wildman–Crippen LogP) is 2.07. The summed E-state index contributed by atoms with van der Waals surface area (Å²) in [6, 6.07) is 8.79. The van der Waals surface area contributed by atoms with Gasteiger partial charge in [-0.1, -0.05) is 36.6 Å². The minimum atomic E-state index is -0.612. The first-order chi connectivity index (χ1) is 13.5. The molecule has 0 spiro atoms. The quantitative estimate of drug-likeness (QED) is 0.798. The zero-order valence-corrected chi connectivity index (χ0v) is 16.7. The maximum atomic E-state index is 12.5. The molecule has 2 aromatic rings. The molecule has 1 aromatic heterocycles. The van der Waals surface area contributed by atoms with Crippen LogP contribution in [0.15, 0.2) is 39.9 Å². The summed E-state index contributed by atoms with van der Waals surface area (Å²) >= 11 is 6.03. The molecule has 1 aliphatic rings. The van der Waals surface area contributed by atoms with Crippen LogP contribution in [0, 0.1) is 0 Å². The lowest BCUT2D eigenvalue weighted by molar-refractivity contribution is 0.0927. The van der Waals surface area contributed by atoms with E-state index in [0.717, 1.165) is 42.1 Å². The van der Waals surface area contributed by atoms with E-state index in [0.29, 0.717) is 11.6 Å². The Morgan fingerprint density at radius 2 is 1.79 bits per heavy atom. The molecule has 1 aromatic carbocycles. The number of likely N-dealkylation sites (tertiary alicyclic amines) is 1. The van der Waals surface area contributed by atoms with Crippen molar-refractivity contribution in [1.82, 2.24) is 19.8 Å². The number of nitrogens with one attached hydrogen (secondary N) is 2. The van der Waals surface area contributed by atoms with Gasteiger partial charge < -0.3 is 10.3 Å². The summed E-state index contributed by atoms with van der Waals surface area (Å²) in [5.41, 5.74) is -0.0852. The van der Waals surface area contributed by atoms with Gasteiger partial charge in [0.05, 0.1) is 6.04 Å². The van der Waals surface area contributed by atoms with Crippen molar-refractivity contribution in [2.45, 2.75) is 31.7 Å². The third-order valence-electron chi connectivity index (χ3n) is 5.18. The van der Waals surface area contributed by atoms with Crippen LogP contribution in [-0.4, -0.2) is 40.0 Å². The smallest absolute Gasteiger partial charge is 0.328 e. The molecule has 0 unspecified atom stereocenters. The first kappa shape index (κ1) is 20.4. The van der Waals surface area contributed by atoms with Gasteiger partial charge in [-0.15, -0.1) is 0 Å². The van der Waals surface area contributed by atoms with Gasteiger partial charge in [-0.05, 0) is 43.6 Å². The Morgan fingerprint density at radius 1 is 1.14 bits per heavy atom. The highest BCUT2D eigenvalue weighted by atomic mass is 35.5. The summed E-state index contributed by atoms with van der Waals surface area (Å²) in [5.74, 6) is -0.469. The molecule has 1 fully saturated rings. The molecule has 1 amide bonds. The van der Waals surface area contributed by atoms with Gasteiger partial charge in [0, 0.05) is 24.7 Å². The fourth-order valence-corrected chi connectivity index (χ4v) is 3.64. The number of benzene rings is 1. The fraction of sp³-hybridized carbons (Fsp3) is 0.450. The second-order valence-corrected chi connectivity index (χ2v) is 7.55. The standard InChI is InChI=1S/C20H25ClN4O3/c1-24-18(26)12-16(23-20(24)28)19(27)22-13-17(14-6-8-15(21)9-7-14)25-10-4-2-3-5-11-25/h6-9,12,17H,2-5,10-11,13H2,1H3,(H,22,27)(H,23,28)/t17-/m0/s1. The van der Waals surface area contributed by atoms with E-state index < -0.39 is 17.2 Å². The number of aromatic amines is 1. The van der Waals surface area contributed by atoms with Crippen molar-refractivity contribution in [2.24, 2.45) is 7.05 Å². The number of hydrogen-bond donors (Lipinski definition) is 2. The van der Waals surface area contributed by atoms with Gasteiger partial charge in [0.1, 0.15) is 5.69 Å². The number of halogens is 1. The largest absolute Gasteiger partial charge is 0.349 e. The van der Waals surface area contributed by atoms with Crippen LogP contribution < -0.4 is 16.6 Å². The summed E-state index contributed by atoms with van der Waals surface area (Å²) in [6.07, 6.45) is 4.68. The van der Waals surface area contributed by atoms with Crippen LogP contribution in [0.1, 0.15) is 47.8 Å². The number of carbonyl (C=O) groups is 1. The molecule has 0 saturated carbocycles. The molecule has 2 heterocycles. The molecule has 2 N–H and O–H groups in total. The maximum absolute atomic E-state index is 12.5. The third-order valence-corrected chi connectivity index (χ3v) is 5.43. The van der Waals surface area contributed by atoms with E-state index in [1.165, 1.54) is 19.9 Å². The van der Waals surface area contributed by atoms with E-state index in [1.807, 2.05) is 24.3 Å². The highest BCUT2D eigenvalue weighted by molar-refractivity contribution is 6.30. The topological polar surface area (TPSA) is 87.2 Å². The predicted molar refractivity (Wildman–Crippen MR) is 109 cm³/mol. The number of aromatic nitrogens is 2. The number of nitrogens with zero attached hydrogens (tertiary/aromatic N) is 2. The second-order valence-electron chi connectivity index (χ2n) is 7.11. The number of carbonyl (C=O) groups excluding carboxylic acids is 1. The molecule has 1 saturated heterocycles. The zero-order valence-electron chi connectivity index (χ0n) is 15.9. The summed E-state index contributed by atoms with van der Waals surface area (Å²) in [6.45, 7) is 2.30. The van der Waals surface area contributed by atoms with E-state index in [9.17, 15) is 14.4 Å². The SMILES string of the molecule is Cn1c(=O)cc(C(=O)NC[C@@H](c2ccc(Cl)cc2)N2CCCCCC2)[nH]c1=O. The monoisotopic (exact) mass is 404 g/mol. The number of H-pyrrole nitrogens is 1. The van der Waals surface area contributed by atoms with E-state index in [1.54, 1.807) is 0 Å². The first-order valence-electron chi connectivity index (χ1n) is 9.54. The molecular formula is C20H25ClN4O3. The summed E-state index contributed by atoms with van der Waals surface area (Å²) in [7, 11) is 1.36. The Hall–Kier alpha value is -2.38. The van der Waals surface area contributed by atoms with E-state index >= 15 is 0 Å². The minimum absolute atomic E-state index is 0.00224. The molecule has 1 atom stereocenters. The van der Waals surface area contributed by atoms with E-state index in [2.05, 4.69) is 15.2 Å². The normalized spacial score (nSPS) is 16.4. The molecule has 28 heavy (non-hydrogen) atoms. The van der Waals surface area contributed by atoms with Crippen molar-refractivity contribution in [3.05, 3.63) is 67.4 Å². The molecule has 8 heteroatoms. The van der Waals surface area contributed by atoms with Gasteiger partial charge in [0.25, 0.3) is 11.5 Å². The summed E-state index contributed by atoms with van der Waals surface area (Å²) in [5, 5.41) is 3.54. The van der Waals surface area contributed by atoms with Crippen molar-refractivity contribution >= 4 is 17.5 Å². The van der Waals surface area contributed by atoms with Crippen molar-refractivity contribution in [1.29, 1.82) is 0 Å². The van der Waals surface area contributed by atoms with Gasteiger partial charge in [-0.25, -0.2) is 4.79 Å². The van der Waals surface area contributed by atoms with Crippen LogP contribution in [0.25, 0.3) is 0 Å². The lowest BCUT2D eigenvalue weighted by Crippen LogP contribution is -2.40. The van der Waals surface area contributed by atoms with Crippen LogP contribution in [0.3, 0.4) is 0 Å². The van der Waals surface area contributed by atoms with Gasteiger partial charge in [0.15, 0.2) is 0 Å². The average Bonchev–Trinajstić information content (AvgIpc) is 2.96. The highest BCUT2D eigenvalue weighted by Gasteiger charge is 2.22. The lowest BCUT2D eigenvalue weighted by Gasteiger charge is -2.31. The third kappa shape index (κ3) is 4.91. The van der Waals surface area contributed by atoms with Crippen LogP contribution >= 0.6 is 11.6 Å². The Bertz CT molecular complexity index is 896. The van der Waals surface area contributed by atoms with Crippen molar-refractivity contribution in [3.63, 3.8) is 0 Å². The summed E-state index contributed by atoms with van der Waals surface area (Å²) in [4.78, 5) is 40.9. The number of rotatable bonds is 5. The number of amides is 1. The Morgan fingerprint density at radius 3 is 2.39 bits per heavy atom. The van der Waals surface area contributed by atoms with E-state index in [4.69, 9.17) is 11.6 Å². The van der Waals surface area contributed by atoms with Gasteiger partial charge in [-0.3, -0.25) is 19.1 Å². The number of hydrogen-bond acceptors (Lipinski definition) is 4. The van der Waals surface area contributed by atoms with Crippen LogP contribution in [-0.2, 0) is 7.05 Å². The Labute approximate surface area is 168 Å². The molecule has 1 aliphatic heterocycles. The molecule has 0 radical (unpaired) electrons. The van der Waals surface area contributed by atoms with E-state index in [-0.39, 0.29) is 11.7 Å². The van der Waals surface area contributed by atoms with Crippen LogP contribution in [0.4, 0.5) is 0 Å². The zero-order chi connectivity index (χ0) is 20.1. The maximum Gasteiger partial charge on any atom is 0.328 e. The second kappa shape index (κ2) is 9.21. The van der Waals surface area contributed by atoms with Gasteiger partial charge in [0.2, 0.25) is 0 Å². The minimum Gasteiger partial charge on any atom is -0.349 e. The Balaban J connectivity index is 1.79. The highest BCUT2D eigenvalue weighted by Crippen LogP contribution is 2.25. The molecule has 0 bridgehead atoms. The van der Waals surface area contributed by atoms with Gasteiger partial charge in [-0.2, -0.15) is 0 Å². The molecular weight excluding hydrogens is 380 g/mol. The van der Waals surface area contributed by atoms with Crippen molar-refractivity contribution in [3.8, 4) is 0 Å². The molecule has 3 rings (SSSR count). The fourth-order valence-electron chi connectivity index (χ4n) is 3.51. The molecule has 0 aliphatic carbocycles. The first-order valence-corrected chi connectivity index (χ1v) is 9.91. The molecule has 7 nitrogen and oxygen atoms in total. The average molecular weight is 405 g/mol. The lowest BCUT2D eigenvalue weighted by atomic mass is 10.0. The van der Waals surface area contributed by atoms with Gasteiger partial charge >= 0.3 is 5.69 Å². The van der Waals surface area contributed by atoms with Crippen molar-refractivity contribution < 1.29 is 4.79 Å². The Kier molecular flexibility index (Phi) is 6.70. The molecule has 150 valence electrons.